The van der Waals surface area contributed by atoms with Crippen LogP contribution in [0.3, 0.4) is 0 Å². The standard InChI is InChI=1S/C12H21N3S/c1-10-11(8-14-15(10)2)7-13-9-12(16-3)5-4-6-12/h8,13H,4-7,9H2,1-3H3. The smallest absolute Gasteiger partial charge is 0.0537 e. The van der Waals surface area contributed by atoms with E-state index in [1.54, 1.807) is 0 Å². The number of aryl methyl sites for hydroxylation is 1. The minimum absolute atomic E-state index is 0.524. The molecule has 1 fully saturated rings. The molecular weight excluding hydrogens is 218 g/mol. The highest BCUT2D eigenvalue weighted by Gasteiger charge is 2.35. The number of hydrogen-bond acceptors (Lipinski definition) is 3. The molecule has 0 unspecified atom stereocenters. The predicted molar refractivity (Wildman–Crippen MR) is 69.7 cm³/mol. The topological polar surface area (TPSA) is 29.9 Å². The monoisotopic (exact) mass is 239 g/mol. The molecule has 1 aliphatic carbocycles. The Bertz CT molecular complexity index is 350. The van der Waals surface area contributed by atoms with E-state index in [4.69, 9.17) is 0 Å². The zero-order chi connectivity index (χ0) is 11.6. The number of nitrogens with one attached hydrogen (secondary N) is 1. The second-order valence-electron chi connectivity index (χ2n) is 4.72. The molecule has 1 aliphatic rings. The molecule has 16 heavy (non-hydrogen) atoms. The summed E-state index contributed by atoms with van der Waals surface area (Å²) in [6.07, 6.45) is 8.33. The van der Waals surface area contributed by atoms with Crippen molar-refractivity contribution in [3.05, 3.63) is 17.5 Å². The highest BCUT2D eigenvalue weighted by molar-refractivity contribution is 8.00. The lowest BCUT2D eigenvalue weighted by atomic mass is 9.84. The van der Waals surface area contributed by atoms with Gasteiger partial charge in [-0.15, -0.1) is 0 Å². The summed E-state index contributed by atoms with van der Waals surface area (Å²) in [5.74, 6) is 0. The van der Waals surface area contributed by atoms with Gasteiger partial charge >= 0.3 is 0 Å². The van der Waals surface area contributed by atoms with Crippen LogP contribution in [-0.2, 0) is 13.6 Å². The average molecular weight is 239 g/mol. The molecule has 90 valence electrons. The lowest BCUT2D eigenvalue weighted by Crippen LogP contribution is -2.43. The van der Waals surface area contributed by atoms with Crippen LogP contribution in [0, 0.1) is 6.92 Å². The van der Waals surface area contributed by atoms with Crippen molar-refractivity contribution >= 4 is 11.8 Å². The molecule has 1 saturated carbocycles. The van der Waals surface area contributed by atoms with E-state index in [0.29, 0.717) is 4.75 Å². The molecule has 2 rings (SSSR count). The molecule has 3 nitrogen and oxygen atoms in total. The van der Waals surface area contributed by atoms with Gasteiger partial charge in [0.2, 0.25) is 0 Å². The summed E-state index contributed by atoms with van der Waals surface area (Å²) in [5.41, 5.74) is 2.58. The summed E-state index contributed by atoms with van der Waals surface area (Å²) in [4.78, 5) is 0. The third kappa shape index (κ3) is 2.28. The van der Waals surface area contributed by atoms with Crippen molar-refractivity contribution in [2.45, 2.75) is 37.5 Å². The molecule has 1 heterocycles. The molecule has 4 heteroatoms. The molecule has 0 aliphatic heterocycles. The largest absolute Gasteiger partial charge is 0.311 e. The fourth-order valence-electron chi connectivity index (χ4n) is 2.17. The molecule has 0 spiro atoms. The van der Waals surface area contributed by atoms with E-state index in [2.05, 4.69) is 23.6 Å². The van der Waals surface area contributed by atoms with Gasteiger partial charge in [-0.05, 0) is 26.0 Å². The molecule has 0 saturated heterocycles. The molecule has 1 aromatic heterocycles. The molecule has 1 aromatic rings. The first-order valence-corrected chi connectivity index (χ1v) is 7.13. The fraction of sp³-hybridized carbons (Fsp3) is 0.750. The zero-order valence-electron chi connectivity index (χ0n) is 10.4. The number of aromatic nitrogens is 2. The average Bonchev–Trinajstić information content (AvgIpc) is 2.53. The van der Waals surface area contributed by atoms with Crippen molar-refractivity contribution in [2.75, 3.05) is 12.8 Å². The second kappa shape index (κ2) is 4.80. The van der Waals surface area contributed by atoms with Gasteiger partial charge in [-0.25, -0.2) is 0 Å². The van der Waals surface area contributed by atoms with Crippen molar-refractivity contribution in [1.29, 1.82) is 0 Å². The molecule has 0 aromatic carbocycles. The first-order chi connectivity index (χ1) is 7.67. The van der Waals surface area contributed by atoms with Crippen LogP contribution in [0.4, 0.5) is 0 Å². The fourth-order valence-corrected chi connectivity index (χ4v) is 3.11. The number of thioether (sulfide) groups is 1. The zero-order valence-corrected chi connectivity index (χ0v) is 11.2. The van der Waals surface area contributed by atoms with Crippen LogP contribution in [0.15, 0.2) is 6.20 Å². The highest BCUT2D eigenvalue weighted by Crippen LogP contribution is 2.42. The Kier molecular flexibility index (Phi) is 3.60. The molecule has 0 amide bonds. The van der Waals surface area contributed by atoms with Crippen LogP contribution in [-0.4, -0.2) is 27.3 Å². The van der Waals surface area contributed by atoms with Crippen LogP contribution in [0.1, 0.15) is 30.5 Å². The van der Waals surface area contributed by atoms with E-state index in [0.717, 1.165) is 13.1 Å². The van der Waals surface area contributed by atoms with Crippen LogP contribution < -0.4 is 5.32 Å². The van der Waals surface area contributed by atoms with Crippen molar-refractivity contribution in [2.24, 2.45) is 7.05 Å². The maximum Gasteiger partial charge on any atom is 0.0537 e. The third-order valence-electron chi connectivity index (χ3n) is 3.80. The van der Waals surface area contributed by atoms with Gasteiger partial charge in [-0.1, -0.05) is 6.42 Å². The first-order valence-electron chi connectivity index (χ1n) is 5.90. The van der Waals surface area contributed by atoms with Gasteiger partial charge in [0.05, 0.1) is 6.20 Å². The lowest BCUT2D eigenvalue weighted by Gasteiger charge is -2.40. The van der Waals surface area contributed by atoms with Gasteiger partial charge in [0.15, 0.2) is 0 Å². The summed E-state index contributed by atoms with van der Waals surface area (Å²) in [5, 5.41) is 7.83. The van der Waals surface area contributed by atoms with E-state index in [9.17, 15) is 0 Å². The highest BCUT2D eigenvalue weighted by atomic mass is 32.2. The Balaban J connectivity index is 1.82. The SMILES string of the molecule is CSC1(CNCc2cnn(C)c2C)CCC1. The Morgan fingerprint density at radius 3 is 2.75 bits per heavy atom. The Labute approximate surface area is 102 Å². The maximum atomic E-state index is 4.26. The summed E-state index contributed by atoms with van der Waals surface area (Å²) in [6, 6.07) is 0. The molecule has 1 N–H and O–H groups in total. The minimum atomic E-state index is 0.524. The van der Waals surface area contributed by atoms with E-state index < -0.39 is 0 Å². The summed E-state index contributed by atoms with van der Waals surface area (Å²) < 4.78 is 2.46. The van der Waals surface area contributed by atoms with Gasteiger partial charge in [-0.3, -0.25) is 4.68 Å². The van der Waals surface area contributed by atoms with E-state index >= 15 is 0 Å². The number of rotatable bonds is 5. The van der Waals surface area contributed by atoms with E-state index in [1.165, 1.54) is 30.5 Å². The van der Waals surface area contributed by atoms with Gasteiger partial charge in [0.1, 0.15) is 0 Å². The van der Waals surface area contributed by atoms with Gasteiger partial charge < -0.3 is 5.32 Å². The Morgan fingerprint density at radius 2 is 2.31 bits per heavy atom. The van der Waals surface area contributed by atoms with Crippen LogP contribution >= 0.6 is 11.8 Å². The van der Waals surface area contributed by atoms with Crippen molar-refractivity contribution < 1.29 is 0 Å². The van der Waals surface area contributed by atoms with Crippen LogP contribution in [0.5, 0.6) is 0 Å². The van der Waals surface area contributed by atoms with Crippen LogP contribution in [0.2, 0.25) is 0 Å². The summed E-state index contributed by atoms with van der Waals surface area (Å²) in [7, 11) is 1.99. The Morgan fingerprint density at radius 1 is 1.56 bits per heavy atom. The van der Waals surface area contributed by atoms with Gasteiger partial charge in [0, 0.05) is 36.1 Å². The molecular formula is C12H21N3S. The van der Waals surface area contributed by atoms with Crippen LogP contribution in [0.25, 0.3) is 0 Å². The first kappa shape index (κ1) is 12.0. The predicted octanol–water partition coefficient (Wildman–Crippen LogP) is 2.10. The quantitative estimate of drug-likeness (QED) is 0.853. The minimum Gasteiger partial charge on any atom is -0.311 e. The van der Waals surface area contributed by atoms with E-state index in [-0.39, 0.29) is 0 Å². The molecule has 0 atom stereocenters. The third-order valence-corrected chi connectivity index (χ3v) is 5.22. The summed E-state index contributed by atoms with van der Waals surface area (Å²) >= 11 is 2.02. The Hall–Kier alpha value is -0.480. The normalized spacial score (nSPS) is 18.4. The maximum absolute atomic E-state index is 4.26. The van der Waals surface area contributed by atoms with Crippen molar-refractivity contribution in [3.8, 4) is 0 Å². The van der Waals surface area contributed by atoms with Crippen molar-refractivity contribution in [1.82, 2.24) is 15.1 Å². The van der Waals surface area contributed by atoms with Crippen molar-refractivity contribution in [3.63, 3.8) is 0 Å². The number of hydrogen-bond donors (Lipinski definition) is 1. The number of nitrogens with zero attached hydrogens (tertiary/aromatic N) is 2. The lowest BCUT2D eigenvalue weighted by molar-refractivity contribution is 0.345. The van der Waals surface area contributed by atoms with E-state index in [1.807, 2.05) is 29.7 Å². The molecule has 0 bridgehead atoms. The second-order valence-corrected chi connectivity index (χ2v) is 6.00. The van der Waals surface area contributed by atoms with Gasteiger partial charge in [0.25, 0.3) is 0 Å². The molecule has 0 radical (unpaired) electrons. The van der Waals surface area contributed by atoms with Gasteiger partial charge in [-0.2, -0.15) is 16.9 Å². The summed E-state index contributed by atoms with van der Waals surface area (Å²) in [6.45, 7) is 4.20.